The third-order valence-electron chi connectivity index (χ3n) is 6.10. The fraction of sp³-hybridized carbons (Fsp3) is 0.207. The Hall–Kier alpha value is -4.59. The van der Waals surface area contributed by atoms with Gasteiger partial charge in [0, 0.05) is 11.3 Å². The number of nitrogens with zero attached hydrogens (tertiary/aromatic N) is 3. The summed E-state index contributed by atoms with van der Waals surface area (Å²) in [6, 6.07) is 23.9. The van der Waals surface area contributed by atoms with Crippen molar-refractivity contribution in [1.82, 2.24) is 15.5 Å². The molecule has 0 saturated heterocycles. The number of hydrogen-bond donors (Lipinski definition) is 1. The minimum Gasteiger partial charge on any atom is -0.494 e. The lowest BCUT2D eigenvalue weighted by molar-refractivity contribution is 0.244. The average molecular weight is 497 g/mol. The van der Waals surface area contributed by atoms with E-state index in [1.165, 1.54) is 0 Å². The Morgan fingerprint density at radius 1 is 0.892 bits per heavy atom. The van der Waals surface area contributed by atoms with E-state index < -0.39 is 6.04 Å². The van der Waals surface area contributed by atoms with Crippen molar-refractivity contribution < 1.29 is 18.8 Å². The molecule has 37 heavy (non-hydrogen) atoms. The van der Waals surface area contributed by atoms with E-state index in [1.807, 2.05) is 99.6 Å². The first-order chi connectivity index (χ1) is 18.1. The van der Waals surface area contributed by atoms with Gasteiger partial charge in [0.15, 0.2) is 0 Å². The normalized spacial score (nSPS) is 15.5. The van der Waals surface area contributed by atoms with Gasteiger partial charge < -0.3 is 19.3 Å². The van der Waals surface area contributed by atoms with Gasteiger partial charge in [-0.3, -0.25) is 4.90 Å². The molecule has 3 aromatic carbocycles. The van der Waals surface area contributed by atoms with Crippen molar-refractivity contribution in [1.29, 1.82) is 0 Å². The SMILES string of the molecule is CCOc1ccc(-c2noc(C3=C(C)N(c4ccccc4)C(=O)NC3c3ccc(OCC)cc3)n2)cc1. The van der Waals surface area contributed by atoms with Gasteiger partial charge in [0.1, 0.15) is 11.5 Å². The summed E-state index contributed by atoms with van der Waals surface area (Å²) in [6.45, 7) is 6.94. The molecule has 0 saturated carbocycles. The number of rotatable bonds is 8. The summed E-state index contributed by atoms with van der Waals surface area (Å²) in [5, 5.41) is 7.37. The maximum Gasteiger partial charge on any atom is 0.326 e. The van der Waals surface area contributed by atoms with Crippen LogP contribution in [0.25, 0.3) is 17.0 Å². The fourth-order valence-corrected chi connectivity index (χ4v) is 4.40. The first kappa shape index (κ1) is 24.1. The zero-order chi connectivity index (χ0) is 25.8. The molecule has 2 heterocycles. The van der Waals surface area contributed by atoms with Crippen LogP contribution < -0.4 is 19.7 Å². The molecule has 1 aliphatic rings. The van der Waals surface area contributed by atoms with E-state index in [2.05, 4.69) is 10.5 Å². The number of carbonyl (C=O) groups is 1. The minimum atomic E-state index is -0.489. The zero-order valence-electron chi connectivity index (χ0n) is 21.0. The largest absolute Gasteiger partial charge is 0.494 e. The summed E-state index contributed by atoms with van der Waals surface area (Å²) >= 11 is 0. The minimum absolute atomic E-state index is 0.238. The highest BCUT2D eigenvalue weighted by Crippen LogP contribution is 2.39. The van der Waals surface area contributed by atoms with Gasteiger partial charge in [0.05, 0.1) is 30.5 Å². The van der Waals surface area contributed by atoms with E-state index in [9.17, 15) is 4.79 Å². The van der Waals surface area contributed by atoms with E-state index in [1.54, 1.807) is 4.90 Å². The molecule has 8 heteroatoms. The average Bonchev–Trinajstić information content (AvgIpc) is 3.40. The monoisotopic (exact) mass is 496 g/mol. The smallest absolute Gasteiger partial charge is 0.326 e. The standard InChI is InChI=1S/C29H28N4O4/c1-4-35-23-15-11-20(12-16-23)26-25(19(3)33(29(34)30-26)22-9-7-6-8-10-22)28-31-27(32-37-28)21-13-17-24(18-14-21)36-5-2/h6-18,26H,4-5H2,1-3H3,(H,30,34). The molecule has 1 N–H and O–H groups in total. The number of anilines is 1. The van der Waals surface area contributed by atoms with Crippen molar-refractivity contribution in [2.24, 2.45) is 0 Å². The first-order valence-electron chi connectivity index (χ1n) is 12.3. The van der Waals surface area contributed by atoms with Gasteiger partial charge in [0.25, 0.3) is 5.89 Å². The summed E-state index contributed by atoms with van der Waals surface area (Å²) in [6.07, 6.45) is 0. The van der Waals surface area contributed by atoms with Gasteiger partial charge in [-0.1, -0.05) is 35.5 Å². The van der Waals surface area contributed by atoms with E-state index >= 15 is 0 Å². The lowest BCUT2D eigenvalue weighted by atomic mass is 9.94. The molecule has 0 spiro atoms. The Morgan fingerprint density at radius 2 is 1.51 bits per heavy atom. The molecule has 0 aliphatic carbocycles. The Bertz CT molecular complexity index is 1400. The van der Waals surface area contributed by atoms with E-state index in [0.29, 0.717) is 30.6 Å². The van der Waals surface area contributed by atoms with Crippen LogP contribution in [0.3, 0.4) is 0 Å². The van der Waals surface area contributed by atoms with E-state index in [-0.39, 0.29) is 6.03 Å². The van der Waals surface area contributed by atoms with Crippen molar-refractivity contribution in [2.45, 2.75) is 26.8 Å². The quantitative estimate of drug-likeness (QED) is 0.311. The van der Waals surface area contributed by atoms with Crippen molar-refractivity contribution in [3.8, 4) is 22.9 Å². The van der Waals surface area contributed by atoms with Crippen molar-refractivity contribution >= 4 is 17.3 Å². The molecule has 1 aromatic heterocycles. The van der Waals surface area contributed by atoms with Gasteiger partial charge >= 0.3 is 6.03 Å². The second kappa shape index (κ2) is 10.6. The second-order valence-electron chi connectivity index (χ2n) is 8.44. The van der Waals surface area contributed by atoms with Crippen LogP contribution in [0, 0.1) is 0 Å². The van der Waals surface area contributed by atoms with Gasteiger partial charge in [-0.15, -0.1) is 0 Å². The molecule has 0 fully saturated rings. The molecule has 2 amide bonds. The number of urea groups is 1. The molecule has 1 unspecified atom stereocenters. The van der Waals surface area contributed by atoms with Gasteiger partial charge in [-0.25, -0.2) is 4.79 Å². The first-order valence-corrected chi connectivity index (χ1v) is 12.3. The highest BCUT2D eigenvalue weighted by Gasteiger charge is 2.36. The Balaban J connectivity index is 1.57. The molecule has 4 aromatic rings. The predicted octanol–water partition coefficient (Wildman–Crippen LogP) is 6.24. The lowest BCUT2D eigenvalue weighted by Gasteiger charge is -2.35. The Kier molecular flexibility index (Phi) is 6.89. The Labute approximate surface area is 215 Å². The summed E-state index contributed by atoms with van der Waals surface area (Å²) < 4.78 is 16.9. The van der Waals surface area contributed by atoms with Crippen LogP contribution in [0.15, 0.2) is 89.1 Å². The van der Waals surface area contributed by atoms with Crippen LogP contribution in [0.4, 0.5) is 10.5 Å². The maximum absolute atomic E-state index is 13.3. The molecule has 0 bridgehead atoms. The van der Waals surface area contributed by atoms with Crippen molar-refractivity contribution in [3.63, 3.8) is 0 Å². The molecule has 8 nitrogen and oxygen atoms in total. The number of para-hydroxylation sites is 1. The summed E-state index contributed by atoms with van der Waals surface area (Å²) in [7, 11) is 0. The molecular formula is C29H28N4O4. The molecule has 0 radical (unpaired) electrons. The van der Waals surface area contributed by atoms with Crippen LogP contribution >= 0.6 is 0 Å². The third-order valence-corrected chi connectivity index (χ3v) is 6.10. The highest BCUT2D eigenvalue weighted by atomic mass is 16.5. The van der Waals surface area contributed by atoms with Crippen LogP contribution in [0.5, 0.6) is 11.5 Å². The summed E-state index contributed by atoms with van der Waals surface area (Å²) in [5.41, 5.74) is 3.84. The number of aromatic nitrogens is 2. The zero-order valence-corrected chi connectivity index (χ0v) is 21.0. The number of ether oxygens (including phenoxy) is 2. The number of hydrogen-bond acceptors (Lipinski definition) is 6. The second-order valence-corrected chi connectivity index (χ2v) is 8.44. The molecule has 5 rings (SSSR count). The third kappa shape index (κ3) is 4.91. The van der Waals surface area contributed by atoms with Crippen LogP contribution in [-0.2, 0) is 0 Å². The number of nitrogens with one attached hydrogen (secondary N) is 1. The van der Waals surface area contributed by atoms with Gasteiger partial charge in [-0.2, -0.15) is 4.98 Å². The Morgan fingerprint density at radius 3 is 2.14 bits per heavy atom. The number of benzene rings is 3. The maximum atomic E-state index is 13.3. The van der Waals surface area contributed by atoms with Crippen LogP contribution in [0.1, 0.15) is 38.3 Å². The van der Waals surface area contributed by atoms with E-state index in [4.69, 9.17) is 19.0 Å². The number of allylic oxidation sites excluding steroid dienone is 1. The molecule has 1 aliphatic heterocycles. The molecule has 188 valence electrons. The summed E-state index contributed by atoms with van der Waals surface area (Å²) in [4.78, 5) is 19.7. The number of amides is 2. The topological polar surface area (TPSA) is 89.7 Å². The lowest BCUT2D eigenvalue weighted by Crippen LogP contribution is -2.46. The molecular weight excluding hydrogens is 468 g/mol. The predicted molar refractivity (Wildman–Crippen MR) is 141 cm³/mol. The van der Waals surface area contributed by atoms with Crippen LogP contribution in [0.2, 0.25) is 0 Å². The van der Waals surface area contributed by atoms with E-state index in [0.717, 1.165) is 33.9 Å². The molecule has 1 atom stereocenters. The van der Waals surface area contributed by atoms with Crippen molar-refractivity contribution in [3.05, 3.63) is 96.0 Å². The van der Waals surface area contributed by atoms with Crippen molar-refractivity contribution in [2.75, 3.05) is 18.1 Å². The van der Waals surface area contributed by atoms with Gasteiger partial charge in [0.2, 0.25) is 5.82 Å². The number of carbonyl (C=O) groups excluding carboxylic acids is 1. The van der Waals surface area contributed by atoms with Gasteiger partial charge in [-0.05, 0) is 74.9 Å². The van der Waals surface area contributed by atoms with Crippen LogP contribution in [-0.4, -0.2) is 29.4 Å². The highest BCUT2D eigenvalue weighted by molar-refractivity contribution is 6.01. The summed E-state index contributed by atoms with van der Waals surface area (Å²) in [5.74, 6) is 2.32. The fourth-order valence-electron chi connectivity index (χ4n) is 4.40.